The highest BCUT2D eigenvalue weighted by molar-refractivity contribution is 5.27. The van der Waals surface area contributed by atoms with Crippen molar-refractivity contribution in [2.24, 2.45) is 5.92 Å². The van der Waals surface area contributed by atoms with Crippen LogP contribution in [0, 0.1) is 5.92 Å². The zero-order valence-corrected chi connectivity index (χ0v) is 15.6. The molecule has 0 spiro atoms. The van der Waals surface area contributed by atoms with Gasteiger partial charge < -0.3 is 15.1 Å². The second-order valence-electron chi connectivity index (χ2n) is 7.01. The third-order valence-corrected chi connectivity index (χ3v) is 5.22. The second-order valence-corrected chi connectivity index (χ2v) is 7.01. The van der Waals surface area contributed by atoms with Crippen molar-refractivity contribution in [1.29, 1.82) is 0 Å². The Bertz CT molecular complexity index is 612. The number of hydrogen-bond donors (Lipinski definition) is 2. The lowest BCUT2D eigenvalue weighted by Crippen LogP contribution is -2.35. The van der Waals surface area contributed by atoms with Crippen LogP contribution < -0.4 is 0 Å². The van der Waals surface area contributed by atoms with Gasteiger partial charge in [0.25, 0.3) is 0 Å². The molecule has 2 aromatic rings. The highest BCUT2D eigenvalue weighted by atomic mass is 16.3. The molecule has 0 saturated carbocycles. The molecule has 0 saturated heterocycles. The molecule has 0 amide bonds. The number of aliphatic hydroxyl groups is 1. The summed E-state index contributed by atoms with van der Waals surface area (Å²) < 4.78 is 0. The van der Waals surface area contributed by atoms with Gasteiger partial charge in [0.1, 0.15) is 5.75 Å². The molecule has 3 heteroatoms. The Morgan fingerprint density at radius 2 is 1.64 bits per heavy atom. The van der Waals surface area contributed by atoms with E-state index in [-0.39, 0.29) is 11.8 Å². The molecule has 136 valence electrons. The molecular formula is C22H31NO2. The van der Waals surface area contributed by atoms with Crippen molar-refractivity contribution in [3.63, 3.8) is 0 Å². The Kier molecular flexibility index (Phi) is 7.48. The van der Waals surface area contributed by atoms with Crippen LogP contribution >= 0.6 is 0 Å². The van der Waals surface area contributed by atoms with E-state index < -0.39 is 6.10 Å². The molecule has 2 N–H and O–H groups in total. The van der Waals surface area contributed by atoms with E-state index >= 15 is 0 Å². The molecule has 3 unspecified atom stereocenters. The largest absolute Gasteiger partial charge is 0.508 e. The van der Waals surface area contributed by atoms with Gasteiger partial charge in [0, 0.05) is 6.04 Å². The predicted molar refractivity (Wildman–Crippen MR) is 104 cm³/mol. The lowest BCUT2D eigenvalue weighted by molar-refractivity contribution is 0.0694. The first-order valence-corrected chi connectivity index (χ1v) is 9.22. The fourth-order valence-electron chi connectivity index (χ4n) is 3.18. The summed E-state index contributed by atoms with van der Waals surface area (Å²) in [4.78, 5) is 2.23. The Labute approximate surface area is 151 Å². The minimum atomic E-state index is -0.556. The molecule has 0 aliphatic heterocycles. The minimum absolute atomic E-state index is 0.0266. The number of benzene rings is 2. The number of hydrogen-bond acceptors (Lipinski definition) is 3. The minimum Gasteiger partial charge on any atom is -0.508 e. The molecule has 0 heterocycles. The number of aliphatic hydroxyl groups excluding tert-OH is 1. The van der Waals surface area contributed by atoms with Crippen LogP contribution in [-0.2, 0) is 6.42 Å². The third kappa shape index (κ3) is 5.87. The number of nitrogens with zero attached hydrogens (tertiary/aromatic N) is 1. The van der Waals surface area contributed by atoms with Gasteiger partial charge in [-0.2, -0.15) is 0 Å². The van der Waals surface area contributed by atoms with Crippen LogP contribution in [0.3, 0.4) is 0 Å². The molecule has 0 aliphatic carbocycles. The topological polar surface area (TPSA) is 43.7 Å². The van der Waals surface area contributed by atoms with Crippen molar-refractivity contribution in [1.82, 2.24) is 4.90 Å². The van der Waals surface area contributed by atoms with E-state index in [1.54, 1.807) is 24.3 Å². The average Bonchev–Trinajstić information content (AvgIpc) is 2.65. The second kappa shape index (κ2) is 9.59. The Morgan fingerprint density at radius 1 is 1.00 bits per heavy atom. The highest BCUT2D eigenvalue weighted by Gasteiger charge is 2.21. The third-order valence-electron chi connectivity index (χ3n) is 5.22. The summed E-state index contributed by atoms with van der Waals surface area (Å²) in [5.74, 6) is 0.881. The molecule has 3 atom stereocenters. The maximum Gasteiger partial charge on any atom is 0.115 e. The van der Waals surface area contributed by atoms with Crippen LogP contribution in [0.1, 0.15) is 43.9 Å². The molecule has 2 rings (SSSR count). The lowest BCUT2D eigenvalue weighted by atomic mass is 9.93. The number of likely N-dealkylation sites (N-methyl/N-ethyl adjacent to an activating group) is 1. The highest BCUT2D eigenvalue weighted by Crippen LogP contribution is 2.23. The van der Waals surface area contributed by atoms with Crippen molar-refractivity contribution < 1.29 is 10.2 Å². The maximum atomic E-state index is 10.6. The summed E-state index contributed by atoms with van der Waals surface area (Å²) in [6.45, 7) is 5.26. The van der Waals surface area contributed by atoms with Gasteiger partial charge in [-0.15, -0.1) is 0 Å². The van der Waals surface area contributed by atoms with Crippen LogP contribution in [0.15, 0.2) is 54.6 Å². The summed E-state index contributed by atoms with van der Waals surface area (Å²) in [7, 11) is 2.07. The van der Waals surface area contributed by atoms with Crippen LogP contribution in [-0.4, -0.2) is 34.7 Å². The van der Waals surface area contributed by atoms with Gasteiger partial charge >= 0.3 is 0 Å². The van der Waals surface area contributed by atoms with E-state index in [1.807, 2.05) is 0 Å². The first-order chi connectivity index (χ1) is 12.0. The molecule has 0 aliphatic rings. The van der Waals surface area contributed by atoms with Gasteiger partial charge in [0.15, 0.2) is 0 Å². The van der Waals surface area contributed by atoms with E-state index in [0.29, 0.717) is 5.92 Å². The Hall–Kier alpha value is -1.84. The van der Waals surface area contributed by atoms with Gasteiger partial charge in [0.05, 0.1) is 6.10 Å². The van der Waals surface area contributed by atoms with Gasteiger partial charge in [-0.1, -0.05) is 55.8 Å². The maximum absolute atomic E-state index is 10.6. The van der Waals surface area contributed by atoms with Gasteiger partial charge in [0.2, 0.25) is 0 Å². The molecule has 25 heavy (non-hydrogen) atoms. The van der Waals surface area contributed by atoms with Crippen molar-refractivity contribution in [3.05, 3.63) is 65.7 Å². The number of rotatable bonds is 9. The van der Waals surface area contributed by atoms with Gasteiger partial charge in [-0.25, -0.2) is 0 Å². The first kappa shape index (κ1) is 19.5. The quantitative estimate of drug-likeness (QED) is 0.710. The van der Waals surface area contributed by atoms with E-state index in [1.165, 1.54) is 5.56 Å². The zero-order valence-electron chi connectivity index (χ0n) is 15.6. The molecule has 0 radical (unpaired) electrons. The van der Waals surface area contributed by atoms with E-state index in [9.17, 15) is 10.2 Å². The lowest BCUT2D eigenvalue weighted by Gasteiger charge is -2.30. The molecule has 0 bridgehead atoms. The smallest absolute Gasteiger partial charge is 0.115 e. The fraction of sp³-hybridized carbons (Fsp3) is 0.455. The van der Waals surface area contributed by atoms with Crippen molar-refractivity contribution in [2.45, 2.75) is 45.3 Å². The molecule has 3 nitrogen and oxygen atoms in total. The molecule has 0 aromatic heterocycles. The summed E-state index contributed by atoms with van der Waals surface area (Å²) in [5, 5.41) is 20.0. The first-order valence-electron chi connectivity index (χ1n) is 9.22. The molecule has 0 fully saturated rings. The van der Waals surface area contributed by atoms with Crippen molar-refractivity contribution in [3.8, 4) is 5.75 Å². The predicted octanol–water partition coefficient (Wildman–Crippen LogP) is 4.40. The zero-order chi connectivity index (χ0) is 18.2. The van der Waals surface area contributed by atoms with Crippen molar-refractivity contribution in [2.75, 3.05) is 13.6 Å². The Morgan fingerprint density at radius 3 is 2.24 bits per heavy atom. The van der Waals surface area contributed by atoms with Crippen LogP contribution in [0.5, 0.6) is 5.75 Å². The average molecular weight is 341 g/mol. The summed E-state index contributed by atoms with van der Waals surface area (Å²) in [6.07, 6.45) is 2.84. The SMILES string of the molecule is CCC(CCN(C)C(C)C(O)c1ccc(O)cc1)Cc1ccccc1. The number of phenolic OH excluding ortho intramolecular Hbond substituents is 1. The molecule has 2 aromatic carbocycles. The van der Waals surface area contributed by atoms with Crippen molar-refractivity contribution >= 4 is 0 Å². The van der Waals surface area contributed by atoms with Crippen LogP contribution in [0.4, 0.5) is 0 Å². The number of aromatic hydroxyl groups is 1. The molecular weight excluding hydrogens is 310 g/mol. The Balaban J connectivity index is 1.86. The monoisotopic (exact) mass is 341 g/mol. The van der Waals surface area contributed by atoms with Gasteiger partial charge in [-0.3, -0.25) is 0 Å². The fourth-order valence-corrected chi connectivity index (χ4v) is 3.18. The van der Waals surface area contributed by atoms with Gasteiger partial charge in [-0.05, 0) is 62.5 Å². The van der Waals surface area contributed by atoms with Crippen LogP contribution in [0.2, 0.25) is 0 Å². The summed E-state index contributed by atoms with van der Waals surface area (Å²) in [5.41, 5.74) is 2.24. The standard InChI is InChI=1S/C22H31NO2/c1-4-18(16-19-8-6-5-7-9-19)14-15-23(3)17(2)22(25)20-10-12-21(24)13-11-20/h5-13,17-18,22,24-25H,4,14-16H2,1-3H3. The van der Waals surface area contributed by atoms with E-state index in [4.69, 9.17) is 0 Å². The normalized spacial score (nSPS) is 15.1. The summed E-state index contributed by atoms with van der Waals surface area (Å²) >= 11 is 0. The van der Waals surface area contributed by atoms with Crippen LogP contribution in [0.25, 0.3) is 0 Å². The van der Waals surface area contributed by atoms with E-state index in [2.05, 4.69) is 56.1 Å². The number of phenols is 1. The summed E-state index contributed by atoms with van der Waals surface area (Å²) in [6, 6.07) is 17.5. The van der Waals surface area contributed by atoms with E-state index in [0.717, 1.165) is 31.4 Å².